The van der Waals surface area contributed by atoms with Crippen LogP contribution in [0, 0.1) is 20.8 Å². The van der Waals surface area contributed by atoms with E-state index in [0.29, 0.717) is 29.7 Å². The minimum Gasteiger partial charge on any atom is -0.439 e. The first-order valence-corrected chi connectivity index (χ1v) is 7.12. The third-order valence-electron chi connectivity index (χ3n) is 3.22. The summed E-state index contributed by atoms with van der Waals surface area (Å²) < 4.78 is 5.91. The standard InChI is InChI=1S/C15H19ClN4O/c1-5-12-18-14(20-17)10(4)15(19-12)21-11-6-8(2)13(16)9(3)7-11/h6-7H,5,17H2,1-4H3,(H,18,19,20). The second kappa shape index (κ2) is 6.28. The van der Waals surface area contributed by atoms with E-state index in [0.717, 1.165) is 21.7 Å². The molecule has 0 fully saturated rings. The maximum Gasteiger partial charge on any atom is 0.227 e. The highest BCUT2D eigenvalue weighted by atomic mass is 35.5. The number of nitrogen functional groups attached to an aromatic ring is 1. The Labute approximate surface area is 129 Å². The van der Waals surface area contributed by atoms with Gasteiger partial charge in [-0.2, -0.15) is 4.98 Å². The van der Waals surface area contributed by atoms with E-state index in [4.69, 9.17) is 22.2 Å². The third kappa shape index (κ3) is 3.25. The highest BCUT2D eigenvalue weighted by molar-refractivity contribution is 6.32. The Balaban J connectivity index is 2.43. The van der Waals surface area contributed by atoms with Gasteiger partial charge in [0.25, 0.3) is 0 Å². The fraction of sp³-hybridized carbons (Fsp3) is 0.333. The maximum atomic E-state index is 6.17. The molecule has 0 bridgehead atoms. The normalized spacial score (nSPS) is 10.6. The van der Waals surface area contributed by atoms with Gasteiger partial charge in [-0.1, -0.05) is 18.5 Å². The van der Waals surface area contributed by atoms with E-state index >= 15 is 0 Å². The highest BCUT2D eigenvalue weighted by Crippen LogP contribution is 2.31. The number of nitrogens with one attached hydrogen (secondary N) is 1. The molecular formula is C15H19ClN4O. The molecule has 0 unspecified atom stereocenters. The van der Waals surface area contributed by atoms with Crippen LogP contribution in [0.3, 0.4) is 0 Å². The van der Waals surface area contributed by atoms with Crippen molar-refractivity contribution in [3.05, 3.63) is 39.7 Å². The lowest BCUT2D eigenvalue weighted by atomic mass is 10.1. The predicted molar refractivity (Wildman–Crippen MR) is 85.0 cm³/mol. The number of nitrogens with zero attached hydrogens (tertiary/aromatic N) is 2. The van der Waals surface area contributed by atoms with E-state index in [2.05, 4.69) is 15.4 Å². The average Bonchev–Trinajstić information content (AvgIpc) is 2.46. The largest absolute Gasteiger partial charge is 0.439 e. The molecule has 0 amide bonds. The van der Waals surface area contributed by atoms with Crippen LogP contribution >= 0.6 is 11.6 Å². The summed E-state index contributed by atoms with van der Waals surface area (Å²) >= 11 is 6.17. The van der Waals surface area contributed by atoms with E-state index in [1.807, 2.05) is 39.8 Å². The number of ether oxygens (including phenoxy) is 1. The van der Waals surface area contributed by atoms with Crippen LogP contribution in [0.25, 0.3) is 0 Å². The average molecular weight is 307 g/mol. The Hall–Kier alpha value is -1.85. The first kappa shape index (κ1) is 15.5. The summed E-state index contributed by atoms with van der Waals surface area (Å²) in [5, 5.41) is 0.750. The Morgan fingerprint density at radius 3 is 2.33 bits per heavy atom. The van der Waals surface area contributed by atoms with Gasteiger partial charge in [-0.3, -0.25) is 0 Å². The van der Waals surface area contributed by atoms with Crippen LogP contribution in [0.1, 0.15) is 29.4 Å². The van der Waals surface area contributed by atoms with Crippen LogP contribution in [-0.2, 0) is 6.42 Å². The molecule has 1 aromatic heterocycles. The summed E-state index contributed by atoms with van der Waals surface area (Å²) in [6.07, 6.45) is 0.698. The molecule has 3 N–H and O–H groups in total. The van der Waals surface area contributed by atoms with E-state index in [1.165, 1.54) is 0 Å². The minimum atomic E-state index is 0.496. The number of benzene rings is 1. The molecule has 0 saturated heterocycles. The van der Waals surface area contributed by atoms with Crippen LogP contribution < -0.4 is 16.0 Å². The fourth-order valence-electron chi connectivity index (χ4n) is 2.02. The zero-order valence-electron chi connectivity index (χ0n) is 12.6. The lowest BCUT2D eigenvalue weighted by molar-refractivity contribution is 0.454. The monoisotopic (exact) mass is 306 g/mol. The van der Waals surface area contributed by atoms with Crippen LogP contribution in [0.5, 0.6) is 11.6 Å². The zero-order valence-corrected chi connectivity index (χ0v) is 13.4. The summed E-state index contributed by atoms with van der Waals surface area (Å²) in [6, 6.07) is 3.77. The van der Waals surface area contributed by atoms with E-state index in [1.54, 1.807) is 0 Å². The molecule has 1 heterocycles. The first-order valence-electron chi connectivity index (χ1n) is 6.75. The molecular weight excluding hydrogens is 288 g/mol. The van der Waals surface area contributed by atoms with E-state index in [-0.39, 0.29) is 0 Å². The van der Waals surface area contributed by atoms with Crippen molar-refractivity contribution in [1.29, 1.82) is 0 Å². The molecule has 6 heteroatoms. The van der Waals surface area contributed by atoms with Crippen LogP contribution in [-0.4, -0.2) is 9.97 Å². The number of hydrazine groups is 1. The number of nitrogens with two attached hydrogens (primary N) is 1. The number of hydrogen-bond acceptors (Lipinski definition) is 5. The van der Waals surface area contributed by atoms with E-state index < -0.39 is 0 Å². The summed E-state index contributed by atoms with van der Waals surface area (Å²) in [5.74, 6) is 7.92. The van der Waals surface area contributed by atoms with Gasteiger partial charge in [0.2, 0.25) is 5.88 Å². The number of halogens is 1. The molecule has 0 radical (unpaired) electrons. The van der Waals surface area contributed by atoms with Crippen LogP contribution in [0.15, 0.2) is 12.1 Å². The maximum absolute atomic E-state index is 6.17. The van der Waals surface area contributed by atoms with Gasteiger partial charge in [0, 0.05) is 11.4 Å². The van der Waals surface area contributed by atoms with Crippen molar-refractivity contribution in [3.8, 4) is 11.6 Å². The Kier molecular flexibility index (Phi) is 4.65. The summed E-state index contributed by atoms with van der Waals surface area (Å²) in [6.45, 7) is 7.73. The van der Waals surface area contributed by atoms with Gasteiger partial charge in [-0.25, -0.2) is 10.8 Å². The predicted octanol–water partition coefficient (Wildman–Crippen LogP) is 3.70. The van der Waals surface area contributed by atoms with Crippen molar-refractivity contribution in [1.82, 2.24) is 9.97 Å². The highest BCUT2D eigenvalue weighted by Gasteiger charge is 2.13. The Bertz CT molecular complexity index is 650. The van der Waals surface area contributed by atoms with Gasteiger partial charge in [-0.05, 0) is 44.0 Å². The number of aryl methyl sites for hydroxylation is 3. The molecule has 112 valence electrons. The van der Waals surface area contributed by atoms with Crippen molar-refractivity contribution in [2.45, 2.75) is 34.1 Å². The smallest absolute Gasteiger partial charge is 0.227 e. The number of anilines is 1. The second-order valence-electron chi connectivity index (χ2n) is 4.89. The van der Waals surface area contributed by atoms with Crippen molar-refractivity contribution >= 4 is 17.4 Å². The van der Waals surface area contributed by atoms with Gasteiger partial charge in [0.05, 0.1) is 5.56 Å². The molecule has 2 rings (SSSR count). The number of rotatable bonds is 4. The first-order chi connectivity index (χ1) is 9.96. The van der Waals surface area contributed by atoms with Gasteiger partial charge in [0.1, 0.15) is 17.4 Å². The van der Waals surface area contributed by atoms with Gasteiger partial charge < -0.3 is 10.2 Å². The molecule has 0 spiro atoms. The zero-order chi connectivity index (χ0) is 15.6. The van der Waals surface area contributed by atoms with Gasteiger partial charge in [0.15, 0.2) is 0 Å². The Morgan fingerprint density at radius 1 is 1.19 bits per heavy atom. The summed E-state index contributed by atoms with van der Waals surface area (Å²) in [7, 11) is 0. The van der Waals surface area contributed by atoms with Gasteiger partial charge in [-0.15, -0.1) is 0 Å². The van der Waals surface area contributed by atoms with Crippen molar-refractivity contribution < 1.29 is 4.74 Å². The van der Waals surface area contributed by atoms with Crippen LogP contribution in [0.2, 0.25) is 5.02 Å². The number of aromatic nitrogens is 2. The lowest BCUT2D eigenvalue weighted by Crippen LogP contribution is -2.13. The molecule has 21 heavy (non-hydrogen) atoms. The molecule has 5 nitrogen and oxygen atoms in total. The molecule has 0 aliphatic heterocycles. The molecule has 0 saturated carbocycles. The molecule has 0 atom stereocenters. The minimum absolute atomic E-state index is 0.496. The molecule has 2 aromatic rings. The van der Waals surface area contributed by atoms with E-state index in [9.17, 15) is 0 Å². The summed E-state index contributed by atoms with van der Waals surface area (Å²) in [5.41, 5.74) is 5.27. The molecule has 0 aliphatic rings. The van der Waals surface area contributed by atoms with Crippen molar-refractivity contribution in [2.24, 2.45) is 5.84 Å². The second-order valence-corrected chi connectivity index (χ2v) is 5.27. The quantitative estimate of drug-likeness (QED) is 0.665. The van der Waals surface area contributed by atoms with Crippen LogP contribution in [0.4, 0.5) is 5.82 Å². The molecule has 1 aromatic carbocycles. The SMILES string of the molecule is CCc1nc(NN)c(C)c(Oc2cc(C)c(Cl)c(C)c2)n1. The van der Waals surface area contributed by atoms with Crippen molar-refractivity contribution in [2.75, 3.05) is 5.43 Å². The van der Waals surface area contributed by atoms with Gasteiger partial charge >= 0.3 is 0 Å². The molecule has 0 aliphatic carbocycles. The van der Waals surface area contributed by atoms with Crippen molar-refractivity contribution in [3.63, 3.8) is 0 Å². The Morgan fingerprint density at radius 2 is 1.81 bits per heavy atom. The third-order valence-corrected chi connectivity index (χ3v) is 3.82. The number of hydrogen-bond donors (Lipinski definition) is 2. The topological polar surface area (TPSA) is 73.1 Å². The fourth-order valence-corrected chi connectivity index (χ4v) is 2.12. The lowest BCUT2D eigenvalue weighted by Gasteiger charge is -2.13. The summed E-state index contributed by atoms with van der Waals surface area (Å²) in [4.78, 5) is 8.73.